The maximum atomic E-state index is 5.88. The number of aromatic nitrogens is 1. The van der Waals surface area contributed by atoms with Crippen LogP contribution >= 0.6 is 0 Å². The molecule has 0 amide bonds. The minimum absolute atomic E-state index is 0.196. The number of pyridine rings is 1. The third-order valence-electron chi connectivity index (χ3n) is 2.61. The Morgan fingerprint density at radius 1 is 1.53 bits per heavy atom. The van der Waals surface area contributed by atoms with Crippen LogP contribution in [0.3, 0.4) is 0 Å². The van der Waals surface area contributed by atoms with Crippen LogP contribution in [0, 0.1) is 0 Å². The zero-order valence-electron chi connectivity index (χ0n) is 10.6. The molecule has 3 nitrogen and oxygen atoms in total. The zero-order valence-corrected chi connectivity index (χ0v) is 10.6. The van der Waals surface area contributed by atoms with E-state index >= 15 is 0 Å². The second-order valence-corrected chi connectivity index (χ2v) is 4.14. The fraction of sp³-hybridized carbons (Fsp3) is 0.500. The van der Waals surface area contributed by atoms with Gasteiger partial charge in [0, 0.05) is 18.2 Å². The first-order valence-electron chi connectivity index (χ1n) is 6.20. The molecule has 17 heavy (non-hydrogen) atoms. The van der Waals surface area contributed by atoms with E-state index in [-0.39, 0.29) is 6.04 Å². The van der Waals surface area contributed by atoms with Gasteiger partial charge in [-0.05, 0) is 31.4 Å². The van der Waals surface area contributed by atoms with Crippen molar-refractivity contribution in [3.63, 3.8) is 0 Å². The lowest BCUT2D eigenvalue weighted by Gasteiger charge is -2.09. The molecular formula is C14H22N2O. The summed E-state index contributed by atoms with van der Waals surface area (Å²) in [5.74, 6) is 0.822. The molecule has 0 bridgehead atoms. The Balaban J connectivity index is 2.36. The van der Waals surface area contributed by atoms with E-state index in [0.717, 1.165) is 37.1 Å². The molecule has 1 aromatic rings. The summed E-state index contributed by atoms with van der Waals surface area (Å²) in [6, 6.07) is 4.14. The molecule has 0 saturated carbocycles. The summed E-state index contributed by atoms with van der Waals surface area (Å²) in [6.07, 6.45) is 7.44. The van der Waals surface area contributed by atoms with Crippen molar-refractivity contribution in [2.24, 2.45) is 5.73 Å². The van der Waals surface area contributed by atoms with Crippen LogP contribution in [0.5, 0.6) is 5.75 Å². The molecule has 0 radical (unpaired) electrons. The van der Waals surface area contributed by atoms with E-state index in [1.807, 2.05) is 18.2 Å². The molecule has 1 rings (SSSR count). The first-order valence-corrected chi connectivity index (χ1v) is 6.20. The predicted molar refractivity (Wildman–Crippen MR) is 71.1 cm³/mol. The Labute approximate surface area is 104 Å². The first kappa shape index (κ1) is 13.7. The van der Waals surface area contributed by atoms with Gasteiger partial charge < -0.3 is 10.5 Å². The van der Waals surface area contributed by atoms with Crippen molar-refractivity contribution in [2.45, 2.75) is 38.6 Å². The zero-order chi connectivity index (χ0) is 12.5. The van der Waals surface area contributed by atoms with Gasteiger partial charge in [-0.3, -0.25) is 4.98 Å². The standard InChI is InChI=1S/C14H22N2O/c1-3-5-6-9-17-14-8-7-13(16-11-14)10-12(15)4-2/h3,7-8,11-12H,1,4-6,9-10,15H2,2H3. The Hall–Kier alpha value is -1.35. The fourth-order valence-electron chi connectivity index (χ4n) is 1.45. The molecule has 1 unspecified atom stereocenters. The van der Waals surface area contributed by atoms with E-state index in [9.17, 15) is 0 Å². The number of allylic oxidation sites excluding steroid dienone is 1. The Morgan fingerprint density at radius 3 is 2.94 bits per heavy atom. The van der Waals surface area contributed by atoms with E-state index in [1.165, 1.54) is 0 Å². The quantitative estimate of drug-likeness (QED) is 0.555. The molecular weight excluding hydrogens is 212 g/mol. The number of rotatable bonds is 8. The van der Waals surface area contributed by atoms with Crippen molar-refractivity contribution in [2.75, 3.05) is 6.61 Å². The van der Waals surface area contributed by atoms with Crippen molar-refractivity contribution in [1.82, 2.24) is 4.98 Å². The maximum absolute atomic E-state index is 5.88. The highest BCUT2D eigenvalue weighted by molar-refractivity contribution is 5.20. The molecule has 1 aromatic heterocycles. The van der Waals surface area contributed by atoms with Gasteiger partial charge in [-0.1, -0.05) is 13.0 Å². The van der Waals surface area contributed by atoms with Crippen molar-refractivity contribution in [3.8, 4) is 5.75 Å². The number of hydrogen-bond acceptors (Lipinski definition) is 3. The highest BCUT2D eigenvalue weighted by Crippen LogP contribution is 2.11. The Kier molecular flexibility index (Phi) is 6.33. The summed E-state index contributed by atoms with van der Waals surface area (Å²) in [7, 11) is 0. The van der Waals surface area contributed by atoms with Gasteiger partial charge in [0.05, 0.1) is 12.8 Å². The van der Waals surface area contributed by atoms with Gasteiger partial charge in [0.1, 0.15) is 5.75 Å². The van der Waals surface area contributed by atoms with Gasteiger partial charge in [0.25, 0.3) is 0 Å². The number of hydrogen-bond donors (Lipinski definition) is 1. The minimum Gasteiger partial charge on any atom is -0.492 e. The molecule has 0 spiro atoms. The molecule has 0 saturated heterocycles. The van der Waals surface area contributed by atoms with Crippen molar-refractivity contribution < 1.29 is 4.74 Å². The minimum atomic E-state index is 0.196. The van der Waals surface area contributed by atoms with E-state index < -0.39 is 0 Å². The molecule has 0 aromatic carbocycles. The van der Waals surface area contributed by atoms with E-state index in [4.69, 9.17) is 10.5 Å². The summed E-state index contributed by atoms with van der Waals surface area (Å²) in [4.78, 5) is 4.34. The summed E-state index contributed by atoms with van der Waals surface area (Å²) >= 11 is 0. The van der Waals surface area contributed by atoms with E-state index in [1.54, 1.807) is 6.20 Å². The molecule has 1 atom stereocenters. The molecule has 0 fully saturated rings. The summed E-state index contributed by atoms with van der Waals surface area (Å²) in [5.41, 5.74) is 6.90. The van der Waals surface area contributed by atoms with Crippen molar-refractivity contribution in [1.29, 1.82) is 0 Å². The second kappa shape index (κ2) is 7.85. The van der Waals surface area contributed by atoms with Crippen LogP contribution in [0.15, 0.2) is 31.0 Å². The molecule has 3 heteroatoms. The third kappa shape index (κ3) is 5.50. The number of nitrogens with zero attached hydrogens (tertiary/aromatic N) is 1. The molecule has 94 valence electrons. The van der Waals surface area contributed by atoms with Crippen LogP contribution in [-0.4, -0.2) is 17.6 Å². The van der Waals surface area contributed by atoms with Crippen LogP contribution in [0.1, 0.15) is 31.9 Å². The Bertz CT molecular complexity index is 321. The highest BCUT2D eigenvalue weighted by atomic mass is 16.5. The second-order valence-electron chi connectivity index (χ2n) is 4.14. The molecule has 0 aliphatic carbocycles. The lowest BCUT2D eigenvalue weighted by atomic mass is 10.1. The van der Waals surface area contributed by atoms with Gasteiger partial charge in [-0.25, -0.2) is 0 Å². The summed E-state index contributed by atoms with van der Waals surface area (Å²) < 4.78 is 5.55. The average Bonchev–Trinajstić information content (AvgIpc) is 2.36. The van der Waals surface area contributed by atoms with Crippen LogP contribution in [-0.2, 0) is 6.42 Å². The van der Waals surface area contributed by atoms with E-state index in [0.29, 0.717) is 6.61 Å². The number of unbranched alkanes of at least 4 members (excludes halogenated alkanes) is 1. The maximum Gasteiger partial charge on any atom is 0.137 e. The normalized spacial score (nSPS) is 12.1. The summed E-state index contributed by atoms with van der Waals surface area (Å²) in [6.45, 7) is 6.47. The fourth-order valence-corrected chi connectivity index (χ4v) is 1.45. The molecule has 2 N–H and O–H groups in total. The summed E-state index contributed by atoms with van der Waals surface area (Å²) in [5, 5.41) is 0. The number of ether oxygens (including phenoxy) is 1. The lowest BCUT2D eigenvalue weighted by molar-refractivity contribution is 0.310. The molecule has 1 heterocycles. The number of nitrogens with two attached hydrogens (primary N) is 1. The van der Waals surface area contributed by atoms with Crippen LogP contribution in [0.25, 0.3) is 0 Å². The average molecular weight is 234 g/mol. The highest BCUT2D eigenvalue weighted by Gasteiger charge is 2.02. The van der Waals surface area contributed by atoms with Crippen molar-refractivity contribution in [3.05, 3.63) is 36.7 Å². The predicted octanol–water partition coefficient (Wildman–Crippen LogP) is 2.71. The van der Waals surface area contributed by atoms with Gasteiger partial charge in [-0.2, -0.15) is 0 Å². The SMILES string of the molecule is C=CCCCOc1ccc(CC(N)CC)nc1. The van der Waals surface area contributed by atoms with Gasteiger partial charge in [-0.15, -0.1) is 6.58 Å². The largest absolute Gasteiger partial charge is 0.492 e. The molecule has 0 aliphatic rings. The smallest absolute Gasteiger partial charge is 0.137 e. The molecule has 0 aliphatic heterocycles. The van der Waals surface area contributed by atoms with Gasteiger partial charge in [0.15, 0.2) is 0 Å². The lowest BCUT2D eigenvalue weighted by Crippen LogP contribution is -2.21. The van der Waals surface area contributed by atoms with Gasteiger partial charge in [0.2, 0.25) is 0 Å². The van der Waals surface area contributed by atoms with Crippen LogP contribution < -0.4 is 10.5 Å². The van der Waals surface area contributed by atoms with Gasteiger partial charge >= 0.3 is 0 Å². The topological polar surface area (TPSA) is 48.1 Å². The Morgan fingerprint density at radius 2 is 2.35 bits per heavy atom. The van der Waals surface area contributed by atoms with Crippen LogP contribution in [0.2, 0.25) is 0 Å². The van der Waals surface area contributed by atoms with E-state index in [2.05, 4.69) is 18.5 Å². The van der Waals surface area contributed by atoms with Crippen molar-refractivity contribution >= 4 is 0 Å². The monoisotopic (exact) mass is 234 g/mol. The first-order chi connectivity index (χ1) is 8.26. The van der Waals surface area contributed by atoms with Crippen LogP contribution in [0.4, 0.5) is 0 Å². The third-order valence-corrected chi connectivity index (χ3v) is 2.61.